The molecular weight excluding hydrogens is 475 g/mol. The van der Waals surface area contributed by atoms with Crippen LogP contribution in [0.4, 0.5) is 18.9 Å². The van der Waals surface area contributed by atoms with Gasteiger partial charge in [0.25, 0.3) is 15.9 Å². The first-order chi connectivity index (χ1) is 16.0. The van der Waals surface area contributed by atoms with Crippen molar-refractivity contribution in [1.29, 1.82) is 0 Å². The number of amidine groups is 1. The number of benzene rings is 2. The van der Waals surface area contributed by atoms with E-state index in [0.717, 1.165) is 30.7 Å². The Morgan fingerprint density at radius 3 is 2.59 bits per heavy atom. The number of halogens is 3. The van der Waals surface area contributed by atoms with Crippen molar-refractivity contribution in [3.8, 4) is 0 Å². The van der Waals surface area contributed by atoms with Crippen LogP contribution in [0, 0.1) is 0 Å². The molecule has 0 unspecified atom stereocenters. The number of amides is 1. The van der Waals surface area contributed by atoms with Crippen LogP contribution in [0.5, 0.6) is 0 Å². The Morgan fingerprint density at radius 1 is 1.12 bits per heavy atom. The van der Waals surface area contributed by atoms with Crippen LogP contribution >= 0.6 is 0 Å². The monoisotopic (exact) mass is 495 g/mol. The maximum atomic E-state index is 12.7. The topological polar surface area (TPSA) is 114 Å². The van der Waals surface area contributed by atoms with Crippen molar-refractivity contribution in [2.75, 3.05) is 18.5 Å². The van der Waals surface area contributed by atoms with E-state index < -0.39 is 40.2 Å². The molecule has 1 aliphatic rings. The normalized spacial score (nSPS) is 14.0. The summed E-state index contributed by atoms with van der Waals surface area (Å²) in [6.07, 6.45) is -1.19. The number of sulfonamides is 1. The van der Waals surface area contributed by atoms with Gasteiger partial charge in [-0.05, 0) is 48.4 Å². The van der Waals surface area contributed by atoms with Crippen LogP contribution in [-0.2, 0) is 30.5 Å². The number of nitrogens with one attached hydrogen (secondary N) is 2. The summed E-state index contributed by atoms with van der Waals surface area (Å²) in [5.74, 6) is -1.30. The third-order valence-corrected chi connectivity index (χ3v) is 5.90. The average molecular weight is 495 g/mol. The molecule has 0 bridgehead atoms. The van der Waals surface area contributed by atoms with Gasteiger partial charge in [-0.3, -0.25) is 14.5 Å². The number of hydrogen-bond donors (Lipinski definition) is 2. The summed E-state index contributed by atoms with van der Waals surface area (Å²) in [5, 5.41) is 2.41. The Hall–Kier alpha value is -3.67. The predicted octanol–water partition coefficient (Wildman–Crippen LogP) is 3.37. The number of rotatable bonds is 7. The predicted molar refractivity (Wildman–Crippen MR) is 118 cm³/mol. The van der Waals surface area contributed by atoms with Gasteiger partial charge < -0.3 is 10.1 Å². The number of ether oxygens (including phenoxy) is 1. The molecule has 0 aromatic heterocycles. The largest absolute Gasteiger partial charge is 0.452 e. The Kier molecular flexibility index (Phi) is 7.72. The lowest BCUT2D eigenvalue weighted by molar-refractivity contribution is -0.142. The first kappa shape index (κ1) is 25.0. The molecule has 0 fully saturated rings. The van der Waals surface area contributed by atoms with E-state index in [0.29, 0.717) is 18.8 Å². The fourth-order valence-corrected chi connectivity index (χ4v) is 4.08. The van der Waals surface area contributed by atoms with E-state index in [2.05, 4.69) is 15.0 Å². The number of aliphatic imine (C=N–C) groups is 1. The molecule has 0 atom stereocenters. The fraction of sp³-hybridized carbons (Fsp3) is 0.227. The average Bonchev–Trinajstić information content (AvgIpc) is 3.28. The van der Waals surface area contributed by atoms with Crippen LogP contribution in [-0.4, -0.2) is 39.3 Å². The van der Waals surface area contributed by atoms with Gasteiger partial charge in [0.2, 0.25) is 0 Å². The van der Waals surface area contributed by atoms with Gasteiger partial charge in [0.1, 0.15) is 5.84 Å². The zero-order chi connectivity index (χ0) is 24.8. The highest BCUT2D eigenvalue weighted by Crippen LogP contribution is 2.29. The summed E-state index contributed by atoms with van der Waals surface area (Å²) in [7, 11) is -3.87. The Balaban J connectivity index is 1.53. The van der Waals surface area contributed by atoms with E-state index in [9.17, 15) is 31.2 Å². The Bertz CT molecular complexity index is 1240. The lowest BCUT2D eigenvalue weighted by Crippen LogP contribution is -2.29. The van der Waals surface area contributed by atoms with Crippen molar-refractivity contribution < 1.29 is 35.9 Å². The molecule has 0 saturated heterocycles. The third-order valence-electron chi connectivity index (χ3n) is 4.53. The SMILES string of the molecule is O=C(COC(=O)C=Cc1cccc(C(F)(F)F)c1)Nc1cccc(S(=O)(=O)NC2=NCCC2)c1. The highest BCUT2D eigenvalue weighted by molar-refractivity contribution is 7.90. The molecule has 180 valence electrons. The van der Waals surface area contributed by atoms with Gasteiger partial charge >= 0.3 is 12.1 Å². The van der Waals surface area contributed by atoms with Gasteiger partial charge in [0, 0.05) is 24.7 Å². The minimum absolute atomic E-state index is 0.0825. The van der Waals surface area contributed by atoms with Crippen molar-refractivity contribution >= 4 is 39.5 Å². The van der Waals surface area contributed by atoms with Crippen LogP contribution in [0.3, 0.4) is 0 Å². The van der Waals surface area contributed by atoms with E-state index in [1.165, 1.54) is 36.4 Å². The lowest BCUT2D eigenvalue weighted by atomic mass is 10.1. The number of carbonyl (C=O) groups excluding carboxylic acids is 2. The summed E-state index contributed by atoms with van der Waals surface area (Å²) >= 11 is 0. The number of alkyl halides is 3. The fourth-order valence-electron chi connectivity index (χ4n) is 2.94. The molecule has 34 heavy (non-hydrogen) atoms. The van der Waals surface area contributed by atoms with Crippen molar-refractivity contribution in [3.05, 3.63) is 65.7 Å². The molecule has 0 saturated carbocycles. The van der Waals surface area contributed by atoms with E-state index in [4.69, 9.17) is 4.74 Å². The first-order valence-electron chi connectivity index (χ1n) is 10.0. The molecule has 1 aliphatic heterocycles. The Labute approximate surface area is 193 Å². The lowest BCUT2D eigenvalue weighted by Gasteiger charge is -2.10. The molecule has 12 heteroatoms. The molecule has 2 N–H and O–H groups in total. The smallest absolute Gasteiger partial charge is 0.416 e. The second-order valence-corrected chi connectivity index (χ2v) is 8.86. The first-order valence-corrected chi connectivity index (χ1v) is 11.5. The zero-order valence-electron chi connectivity index (χ0n) is 17.6. The van der Waals surface area contributed by atoms with E-state index >= 15 is 0 Å². The van der Waals surface area contributed by atoms with Crippen LogP contribution < -0.4 is 10.0 Å². The molecule has 2 aromatic carbocycles. The molecule has 0 spiro atoms. The van der Waals surface area contributed by atoms with Crippen molar-refractivity contribution in [2.24, 2.45) is 4.99 Å². The molecular formula is C22H20F3N3O5S. The minimum atomic E-state index is -4.51. The highest BCUT2D eigenvalue weighted by atomic mass is 32.2. The van der Waals surface area contributed by atoms with Gasteiger partial charge in [-0.2, -0.15) is 13.2 Å². The van der Waals surface area contributed by atoms with Crippen molar-refractivity contribution in [3.63, 3.8) is 0 Å². The number of hydrogen-bond acceptors (Lipinski definition) is 6. The van der Waals surface area contributed by atoms with Crippen LogP contribution in [0.2, 0.25) is 0 Å². The summed E-state index contributed by atoms with van der Waals surface area (Å²) in [6.45, 7) is -0.125. The number of carbonyl (C=O) groups is 2. The van der Waals surface area contributed by atoms with Gasteiger partial charge in [0.05, 0.1) is 10.5 Å². The maximum Gasteiger partial charge on any atom is 0.416 e. The van der Waals surface area contributed by atoms with Crippen LogP contribution in [0.25, 0.3) is 6.08 Å². The molecule has 0 radical (unpaired) electrons. The summed E-state index contributed by atoms with van der Waals surface area (Å²) in [5.41, 5.74) is -0.568. The van der Waals surface area contributed by atoms with E-state index in [1.807, 2.05) is 0 Å². The summed E-state index contributed by atoms with van der Waals surface area (Å²) in [6, 6.07) is 9.83. The highest BCUT2D eigenvalue weighted by Gasteiger charge is 2.30. The van der Waals surface area contributed by atoms with E-state index in [-0.39, 0.29) is 16.1 Å². The molecule has 0 aliphatic carbocycles. The van der Waals surface area contributed by atoms with Gasteiger partial charge in [-0.1, -0.05) is 18.2 Å². The minimum Gasteiger partial charge on any atom is -0.452 e. The zero-order valence-corrected chi connectivity index (χ0v) is 18.4. The number of esters is 1. The van der Waals surface area contributed by atoms with Gasteiger partial charge in [-0.25, -0.2) is 13.2 Å². The van der Waals surface area contributed by atoms with Gasteiger partial charge in [0.15, 0.2) is 6.61 Å². The quantitative estimate of drug-likeness (QED) is 0.452. The summed E-state index contributed by atoms with van der Waals surface area (Å²) in [4.78, 5) is 27.8. The second kappa shape index (κ2) is 10.5. The van der Waals surface area contributed by atoms with Crippen molar-refractivity contribution in [2.45, 2.75) is 23.9 Å². The molecule has 2 aromatic rings. The summed E-state index contributed by atoms with van der Waals surface area (Å²) < 4.78 is 70.3. The van der Waals surface area contributed by atoms with E-state index in [1.54, 1.807) is 0 Å². The van der Waals surface area contributed by atoms with Crippen molar-refractivity contribution in [1.82, 2.24) is 4.72 Å². The standard InChI is InChI=1S/C22H20F3N3O5S/c23-22(24,25)16-5-1-4-15(12-16)9-10-21(30)33-14-20(29)27-17-6-2-7-18(13-17)34(31,32)28-19-8-3-11-26-19/h1-2,4-7,9-10,12-13H,3,8,11,14H2,(H,26,28)(H,27,29). The third kappa shape index (κ3) is 7.17. The molecule has 8 nitrogen and oxygen atoms in total. The molecule has 3 rings (SSSR count). The van der Waals surface area contributed by atoms with Crippen LogP contribution in [0.1, 0.15) is 24.0 Å². The molecule has 1 heterocycles. The maximum absolute atomic E-state index is 12.7. The number of nitrogens with zero attached hydrogens (tertiary/aromatic N) is 1. The molecule has 1 amide bonds. The van der Waals surface area contributed by atoms with Crippen LogP contribution in [0.15, 0.2) is 64.5 Å². The number of anilines is 1. The van der Waals surface area contributed by atoms with Gasteiger partial charge in [-0.15, -0.1) is 0 Å². The Morgan fingerprint density at radius 2 is 1.88 bits per heavy atom. The second-order valence-electron chi connectivity index (χ2n) is 7.18.